The number of aromatic nitrogens is 12. The summed E-state index contributed by atoms with van der Waals surface area (Å²) in [5.41, 5.74) is 12.7. The van der Waals surface area contributed by atoms with Crippen molar-refractivity contribution in [1.82, 2.24) is 83.3 Å². The standard InChI is InChI=1S/C26H27N7O7.C26H25N7O7.C15H18N4O4.C11H9N3O3.C6H9Br2NO.H3NO5Si/c2*34-23-9-10-32(23)24(35)19-3-1-18(2-4-19)16-39-14-13-38-12-11-31-15-20(27-30-31)17-40-22-7-5-21(6-8-22)33-25(36)28-29-26(33)37;16-18-17-6-8-22-9-10-23-11-12-1-3-13(4-2-12)15(21)19-7-5-14(19)20;1-2-7-17-9-5-3-8(4-6-9)14-10(15)12-13-11(14)16;1-6(2)3-9(8)5(10)4(6)7;2-6-5-1-7(3)4/h1-8,15H,9-14,16-17H2,(H,28,36)(H,29,37);1-8,15H,9-14,16-17H2;1-4H,5-11H2;1,3-6H,7H2,(H,12,15)(H,13,16);4H,3H2,1-2H3;1-3H. The van der Waals surface area contributed by atoms with Crippen molar-refractivity contribution in [2.24, 2.45) is 20.8 Å². The first-order valence-electron chi connectivity index (χ1n) is 41.5. The van der Waals surface area contributed by atoms with Crippen LogP contribution < -0.4 is 47.0 Å². The molecule has 722 valence electrons. The van der Waals surface area contributed by atoms with Crippen molar-refractivity contribution in [3.05, 3.63) is 255 Å². The lowest BCUT2D eigenvalue weighted by molar-refractivity contribution is -0.506. The number of alkyl halides is 1. The topological polar surface area (TPSA) is 617 Å². The molecular weight excluding hydrogens is 1950 g/mol. The summed E-state index contributed by atoms with van der Waals surface area (Å²) in [4.78, 5) is 169. The summed E-state index contributed by atoms with van der Waals surface area (Å²) >= 11 is 6.52. The maximum Gasteiger partial charge on any atom is 0.660 e. The largest absolute Gasteiger partial charge is 0.660 e. The van der Waals surface area contributed by atoms with Gasteiger partial charge in [0.25, 0.3) is 17.7 Å². The molecule has 0 spiro atoms. The lowest BCUT2D eigenvalue weighted by Crippen LogP contribution is -2.47. The fraction of sp³-hybridized carbons (Fsp3) is 0.345. The van der Waals surface area contributed by atoms with Crippen LogP contribution in [0.5, 0.6) is 17.2 Å². The Balaban J connectivity index is 0.000000185. The van der Waals surface area contributed by atoms with E-state index in [4.69, 9.17) is 64.6 Å². The van der Waals surface area contributed by atoms with Crippen molar-refractivity contribution in [3.8, 4) is 41.0 Å². The number of azide groups is 1. The highest BCUT2D eigenvalue weighted by atomic mass is 79.9. The number of imide groups is 4. The van der Waals surface area contributed by atoms with Crippen molar-refractivity contribution in [2.45, 2.75) is 84.1 Å². The Hall–Kier alpha value is -14.8. The number of aromatic amines is 4. The van der Waals surface area contributed by atoms with Crippen molar-refractivity contribution in [2.75, 3.05) is 104 Å². The molecular formula is C84H91Br2N23O27Si. The van der Waals surface area contributed by atoms with E-state index in [0.29, 0.717) is 200 Å². The lowest BCUT2D eigenvalue weighted by Gasteiger charge is -2.28. The summed E-state index contributed by atoms with van der Waals surface area (Å²) < 4.78 is 66.0. The maximum atomic E-state index is 12.2. The molecule has 0 saturated carbocycles. The van der Waals surface area contributed by atoms with Crippen molar-refractivity contribution in [3.63, 3.8) is 0 Å². The molecule has 9 heterocycles. The van der Waals surface area contributed by atoms with E-state index < -0.39 is 43.9 Å². The minimum Gasteiger partial charge on any atom is -0.524 e. The number of H-pyrrole nitrogens is 4. The second-order valence-corrected chi connectivity index (χ2v) is 32.2. The molecule has 7 N–H and O–H groups in total. The SMILES string of the molecule is C#CCOc1ccc(-n2c(=O)[nH][nH]c2=O)cc1.CC1(C)CN(Br)C(=O)C1Br.O=C1CCN1C(=O)c1ccc(COCCOCCn2cc(COc3ccc(-n4c(=O)[nH][nH]c4=O)cc3)nn2)cc1.O=C1CCN1C(=O)c1ccc(COCCOCCn2cc(COc3ccc(N4C(=O)N=NC4=O)cc3)nn2)cc1.O=[Si](O)NOOO.[N-]=[N+]=NCCOCCOCc1ccc(C(=O)N2CCC2=O)cc1. The molecule has 1 atom stereocenters. The first-order chi connectivity index (χ1) is 66.1. The third-order valence-electron chi connectivity index (χ3n) is 19.5. The number of nitrogens with zero attached hydrogens (tertiary/aromatic N) is 18. The fourth-order valence-electron chi connectivity index (χ4n) is 12.1. The zero-order valence-electron chi connectivity index (χ0n) is 73.2. The van der Waals surface area contributed by atoms with E-state index in [1.54, 1.807) is 147 Å². The number of benzene rings is 6. The Labute approximate surface area is 794 Å². The van der Waals surface area contributed by atoms with Gasteiger partial charge in [0.05, 0.1) is 138 Å². The van der Waals surface area contributed by atoms with Crippen LogP contribution in [0.2, 0.25) is 0 Å². The van der Waals surface area contributed by atoms with E-state index in [-0.39, 0.29) is 71.4 Å². The monoisotopic (exact) mass is 2040 g/mol. The number of carbonyl (C=O) groups excluding carboxylic acids is 9. The number of β-lactam (4-membered cyclic amide) rings is 3. The Kier molecular flexibility index (Phi) is 40.6. The number of azo groups is 1. The van der Waals surface area contributed by atoms with Crippen LogP contribution in [0.4, 0.5) is 15.3 Å². The molecule has 10 aromatic rings. The molecule has 11 amide bonds. The number of hydrogen-bond donors (Lipinski definition) is 7. The average Bonchev–Trinajstić information content (AvgIpc) is 1.84. The van der Waals surface area contributed by atoms with Crippen LogP contribution >= 0.6 is 32.1 Å². The number of anilines is 1. The van der Waals surface area contributed by atoms with Gasteiger partial charge in [-0.15, -0.1) is 16.6 Å². The molecule has 15 rings (SSSR count). The Morgan fingerprint density at radius 1 is 0.526 bits per heavy atom. The van der Waals surface area contributed by atoms with Crippen LogP contribution in [0.25, 0.3) is 21.8 Å². The summed E-state index contributed by atoms with van der Waals surface area (Å²) in [5, 5.41) is 46.6. The average molecular weight is 2040 g/mol. The number of urea groups is 2. The molecule has 5 aliphatic rings. The molecule has 6 aromatic carbocycles. The maximum absolute atomic E-state index is 12.2. The summed E-state index contributed by atoms with van der Waals surface area (Å²) in [6, 6.07) is 39.0. The highest BCUT2D eigenvalue weighted by molar-refractivity contribution is 9.10. The predicted molar refractivity (Wildman–Crippen MR) is 482 cm³/mol. The number of nitrogens with one attached hydrogen (secondary N) is 5. The summed E-state index contributed by atoms with van der Waals surface area (Å²) in [7, 11) is -2.90. The van der Waals surface area contributed by atoms with Crippen LogP contribution in [0.15, 0.2) is 193 Å². The smallest absolute Gasteiger partial charge is 0.524 e. The summed E-state index contributed by atoms with van der Waals surface area (Å²) in [6.07, 6.45) is 9.88. The van der Waals surface area contributed by atoms with Gasteiger partial charge in [-0.05, 0) is 136 Å². The van der Waals surface area contributed by atoms with Gasteiger partial charge < -0.3 is 51.9 Å². The van der Waals surface area contributed by atoms with Gasteiger partial charge >= 0.3 is 43.9 Å². The van der Waals surface area contributed by atoms with Gasteiger partial charge in [-0.2, -0.15) is 0 Å². The summed E-state index contributed by atoms with van der Waals surface area (Å²) in [6.45, 7) is 13.1. The number of carbonyl (C=O) groups is 9. The van der Waals surface area contributed by atoms with Gasteiger partial charge in [-0.3, -0.25) is 52.2 Å². The van der Waals surface area contributed by atoms with Crippen molar-refractivity contribution < 1.29 is 110 Å². The second kappa shape index (κ2) is 53.3. The minimum atomic E-state index is -2.90. The molecule has 53 heteroatoms. The highest BCUT2D eigenvalue weighted by Gasteiger charge is 2.44. The van der Waals surface area contributed by atoms with Crippen LogP contribution in [-0.2, 0) is 108 Å². The molecule has 4 saturated heterocycles. The number of rotatable bonds is 41. The highest BCUT2D eigenvalue weighted by Crippen LogP contribution is 2.37. The van der Waals surface area contributed by atoms with E-state index in [2.05, 4.69) is 123 Å². The number of ether oxygens (including phenoxy) is 9. The Morgan fingerprint density at radius 3 is 1.18 bits per heavy atom. The molecule has 0 radical (unpaired) electrons. The molecule has 5 aliphatic heterocycles. The quantitative estimate of drug-likeness (QED) is 0.00199. The normalized spacial score (nSPS) is 14.2. The van der Waals surface area contributed by atoms with Gasteiger partial charge in [-0.1, -0.05) is 103 Å². The van der Waals surface area contributed by atoms with Gasteiger partial charge in [-0.25, -0.2) is 83.0 Å². The van der Waals surface area contributed by atoms with E-state index in [1.165, 1.54) is 19.8 Å². The van der Waals surface area contributed by atoms with Gasteiger partial charge in [0.2, 0.25) is 23.6 Å². The first kappa shape index (κ1) is 104. The molecule has 4 fully saturated rings. The van der Waals surface area contributed by atoms with Crippen molar-refractivity contribution >= 4 is 100 Å². The third-order valence-corrected chi connectivity index (χ3v) is 22.0. The van der Waals surface area contributed by atoms with Gasteiger partial charge in [0.1, 0.15) is 53.3 Å². The molecule has 50 nitrogen and oxygen atoms in total. The zero-order valence-corrected chi connectivity index (χ0v) is 77.4. The van der Waals surface area contributed by atoms with E-state index in [9.17, 15) is 66.8 Å². The van der Waals surface area contributed by atoms with Crippen LogP contribution in [0.1, 0.15) is 92.3 Å². The molecule has 1 unspecified atom stereocenters. The first-order valence-corrected chi connectivity index (χ1v) is 44.5. The van der Waals surface area contributed by atoms with E-state index >= 15 is 0 Å². The molecule has 137 heavy (non-hydrogen) atoms. The number of terminal acetylenes is 1. The third kappa shape index (κ3) is 31.9. The number of hydrogen-bond acceptors (Lipinski definition) is 31. The fourth-order valence-corrected chi connectivity index (χ4v) is 13.7. The van der Waals surface area contributed by atoms with E-state index in [0.717, 1.165) is 37.3 Å². The van der Waals surface area contributed by atoms with Crippen molar-refractivity contribution in [1.29, 1.82) is 0 Å². The van der Waals surface area contributed by atoms with Gasteiger partial charge in [0, 0.05) is 79.0 Å². The number of halogens is 2. The second-order valence-electron chi connectivity index (χ2n) is 29.6. The van der Waals surface area contributed by atoms with Gasteiger partial charge in [0.15, 0.2) is 0 Å². The van der Waals surface area contributed by atoms with Crippen LogP contribution in [-0.4, -0.2) is 254 Å². The number of likely N-dealkylation sites (tertiary alicyclic amines) is 3. The minimum absolute atomic E-state index is 0.0422. The predicted octanol–water partition coefficient (Wildman–Crippen LogP) is 5.62. The zero-order chi connectivity index (χ0) is 98.2. The van der Waals surface area contributed by atoms with Crippen LogP contribution in [0, 0.1) is 17.8 Å². The summed E-state index contributed by atoms with van der Waals surface area (Å²) in [5.74, 6) is 2.94. The lowest BCUT2D eigenvalue weighted by atomic mass is 9.93. The molecule has 4 aromatic heterocycles. The molecule has 0 aliphatic carbocycles. The Morgan fingerprint density at radius 2 is 0.883 bits per heavy atom. The Bertz CT molecular complexity index is 6060. The van der Waals surface area contributed by atoms with E-state index in [1.807, 2.05) is 24.3 Å². The van der Waals surface area contributed by atoms with Crippen LogP contribution in [0.3, 0.4) is 0 Å². The number of amides is 11. The molecule has 0 bridgehead atoms.